The van der Waals surface area contributed by atoms with Crippen LogP contribution < -0.4 is 19.5 Å². The summed E-state index contributed by atoms with van der Waals surface area (Å²) in [7, 11) is -4.19. The maximum Gasteiger partial charge on any atom is 0.416 e. The van der Waals surface area contributed by atoms with Crippen LogP contribution in [0.25, 0.3) is 0 Å². The molecule has 11 heteroatoms. The van der Waals surface area contributed by atoms with Crippen LogP contribution in [0.1, 0.15) is 12.0 Å². The molecule has 0 radical (unpaired) electrons. The predicted octanol–water partition coefficient (Wildman–Crippen LogP) is 2.74. The van der Waals surface area contributed by atoms with Gasteiger partial charge in [0.05, 0.1) is 10.5 Å². The number of halogens is 3. The summed E-state index contributed by atoms with van der Waals surface area (Å²) in [5.41, 5.74) is -0.633. The second-order valence-electron chi connectivity index (χ2n) is 5.79. The first kappa shape index (κ1) is 20.0. The fourth-order valence-electron chi connectivity index (χ4n) is 2.42. The monoisotopic (exact) mass is 416 g/mol. The number of nitrogens with one attached hydrogen (secondary N) is 2. The Morgan fingerprint density at radius 3 is 2.57 bits per heavy atom. The normalized spacial score (nSPS) is 13.4. The average molecular weight is 416 g/mol. The van der Waals surface area contributed by atoms with Gasteiger partial charge in [-0.15, -0.1) is 0 Å². The molecule has 0 atom stereocenters. The first-order valence-electron chi connectivity index (χ1n) is 8.01. The number of carbonyl (C=O) groups excluding carboxylic acids is 1. The number of hydrogen-bond donors (Lipinski definition) is 2. The minimum atomic E-state index is -4.66. The molecule has 0 unspecified atom stereocenters. The molecular formula is C17H15F3N2O5S. The number of rotatable bonds is 6. The Morgan fingerprint density at radius 2 is 1.82 bits per heavy atom. The molecule has 3 rings (SSSR count). The van der Waals surface area contributed by atoms with E-state index in [4.69, 9.17) is 9.47 Å². The summed E-state index contributed by atoms with van der Waals surface area (Å²) in [6.07, 6.45) is -4.87. The lowest BCUT2D eigenvalue weighted by molar-refractivity contribution is -0.137. The maximum absolute atomic E-state index is 12.7. The third kappa shape index (κ3) is 4.73. The maximum atomic E-state index is 12.7. The minimum Gasteiger partial charge on any atom is -0.454 e. The van der Waals surface area contributed by atoms with Crippen LogP contribution in [0.5, 0.6) is 11.5 Å². The van der Waals surface area contributed by atoms with Crippen LogP contribution in [0, 0.1) is 0 Å². The Bertz CT molecular complexity index is 993. The number of alkyl halides is 3. The van der Waals surface area contributed by atoms with Crippen LogP contribution >= 0.6 is 0 Å². The van der Waals surface area contributed by atoms with Crippen LogP contribution in [0.2, 0.25) is 0 Å². The van der Waals surface area contributed by atoms with Gasteiger partial charge in [-0.3, -0.25) is 4.79 Å². The van der Waals surface area contributed by atoms with E-state index in [0.717, 1.165) is 18.2 Å². The lowest BCUT2D eigenvalue weighted by Crippen LogP contribution is -2.28. The highest BCUT2D eigenvalue weighted by molar-refractivity contribution is 7.89. The molecule has 0 saturated heterocycles. The van der Waals surface area contributed by atoms with E-state index in [1.54, 1.807) is 18.2 Å². The molecule has 2 N–H and O–H groups in total. The number of fused-ring (bicyclic) bond motifs is 1. The van der Waals surface area contributed by atoms with Crippen molar-refractivity contribution in [3.8, 4) is 11.5 Å². The molecule has 2 aromatic rings. The predicted molar refractivity (Wildman–Crippen MR) is 92.4 cm³/mol. The lowest BCUT2D eigenvalue weighted by Gasteiger charge is -2.10. The summed E-state index contributed by atoms with van der Waals surface area (Å²) < 4.78 is 74.9. The van der Waals surface area contributed by atoms with E-state index >= 15 is 0 Å². The highest BCUT2D eigenvalue weighted by atomic mass is 32.2. The summed E-state index contributed by atoms with van der Waals surface area (Å²) >= 11 is 0. The Labute approximate surface area is 158 Å². The number of anilines is 1. The van der Waals surface area contributed by atoms with E-state index in [0.29, 0.717) is 23.3 Å². The fourth-order valence-corrected chi connectivity index (χ4v) is 3.50. The van der Waals surface area contributed by atoms with E-state index in [-0.39, 0.29) is 19.8 Å². The number of hydrogen-bond acceptors (Lipinski definition) is 5. The van der Waals surface area contributed by atoms with Crippen LogP contribution in [0.15, 0.2) is 47.4 Å². The van der Waals surface area contributed by atoms with Gasteiger partial charge in [-0.25, -0.2) is 13.1 Å². The number of carbonyl (C=O) groups is 1. The molecule has 7 nitrogen and oxygen atoms in total. The Morgan fingerprint density at radius 1 is 1.07 bits per heavy atom. The zero-order chi connectivity index (χ0) is 20.4. The van der Waals surface area contributed by atoms with Gasteiger partial charge in [-0.05, 0) is 30.3 Å². The molecule has 150 valence electrons. The first-order valence-corrected chi connectivity index (χ1v) is 9.50. The van der Waals surface area contributed by atoms with Crippen molar-refractivity contribution in [2.75, 3.05) is 18.7 Å². The van der Waals surface area contributed by atoms with E-state index in [1.807, 2.05) is 0 Å². The molecule has 1 aliphatic heterocycles. The van der Waals surface area contributed by atoms with Gasteiger partial charge >= 0.3 is 6.18 Å². The van der Waals surface area contributed by atoms with Gasteiger partial charge in [0.2, 0.25) is 22.7 Å². The van der Waals surface area contributed by atoms with Gasteiger partial charge in [-0.2, -0.15) is 13.2 Å². The van der Waals surface area contributed by atoms with Gasteiger partial charge in [0, 0.05) is 24.7 Å². The third-order valence-corrected chi connectivity index (χ3v) is 5.23. The summed E-state index contributed by atoms with van der Waals surface area (Å²) in [5, 5.41) is 2.57. The number of sulfonamides is 1. The van der Waals surface area contributed by atoms with E-state index in [2.05, 4.69) is 10.0 Å². The van der Waals surface area contributed by atoms with Gasteiger partial charge in [-0.1, -0.05) is 6.07 Å². The molecule has 1 amide bonds. The molecule has 0 aromatic heterocycles. The minimum absolute atomic E-state index is 0.0874. The standard InChI is InChI=1S/C17H15F3N2O5S/c18-17(19,20)11-2-1-3-13(8-11)28(24,25)21-7-6-16(23)22-12-4-5-14-15(9-12)27-10-26-14/h1-5,8-9,21H,6-7,10H2,(H,22,23). The molecule has 0 spiro atoms. The van der Waals surface area contributed by atoms with Crippen molar-refractivity contribution in [1.82, 2.24) is 4.72 Å². The highest BCUT2D eigenvalue weighted by Gasteiger charge is 2.31. The van der Waals surface area contributed by atoms with Gasteiger partial charge in [0.15, 0.2) is 11.5 Å². The van der Waals surface area contributed by atoms with Gasteiger partial charge < -0.3 is 14.8 Å². The van der Waals surface area contributed by atoms with Crippen LogP contribution in [0.3, 0.4) is 0 Å². The second kappa shape index (κ2) is 7.68. The molecule has 0 aliphatic carbocycles. The van der Waals surface area contributed by atoms with Gasteiger partial charge in [0.25, 0.3) is 0 Å². The third-order valence-electron chi connectivity index (χ3n) is 3.77. The quantitative estimate of drug-likeness (QED) is 0.755. The largest absolute Gasteiger partial charge is 0.454 e. The van der Waals surface area contributed by atoms with Crippen LogP contribution in [-0.4, -0.2) is 27.7 Å². The molecule has 1 heterocycles. The summed E-state index contributed by atoms with van der Waals surface area (Å²) in [6.45, 7) is -0.195. The number of ether oxygens (including phenoxy) is 2. The highest BCUT2D eigenvalue weighted by Crippen LogP contribution is 2.34. The molecule has 0 fully saturated rings. The second-order valence-corrected chi connectivity index (χ2v) is 7.56. The van der Waals surface area contributed by atoms with Crippen molar-refractivity contribution in [3.63, 3.8) is 0 Å². The topological polar surface area (TPSA) is 93.7 Å². The smallest absolute Gasteiger partial charge is 0.416 e. The van der Waals surface area contributed by atoms with E-state index in [1.165, 1.54) is 0 Å². The average Bonchev–Trinajstić information content (AvgIpc) is 3.08. The summed E-state index contributed by atoms with van der Waals surface area (Å²) in [6, 6.07) is 8.14. The van der Waals surface area contributed by atoms with Crippen molar-refractivity contribution in [1.29, 1.82) is 0 Å². The first-order chi connectivity index (χ1) is 13.1. The van der Waals surface area contributed by atoms with Crippen LogP contribution in [-0.2, 0) is 21.0 Å². The van der Waals surface area contributed by atoms with Crippen molar-refractivity contribution < 1.29 is 35.9 Å². The Hall–Kier alpha value is -2.79. The van der Waals surface area contributed by atoms with E-state index < -0.39 is 32.6 Å². The fraction of sp³-hybridized carbons (Fsp3) is 0.235. The zero-order valence-electron chi connectivity index (χ0n) is 14.2. The van der Waals surface area contributed by atoms with Crippen LogP contribution in [0.4, 0.5) is 18.9 Å². The SMILES string of the molecule is O=C(CCNS(=O)(=O)c1cccc(C(F)(F)F)c1)Nc1ccc2c(c1)OCO2. The van der Waals surface area contributed by atoms with Crippen molar-refractivity contribution >= 4 is 21.6 Å². The Kier molecular flexibility index (Phi) is 5.47. The van der Waals surface area contributed by atoms with Gasteiger partial charge in [0.1, 0.15) is 0 Å². The van der Waals surface area contributed by atoms with Crippen molar-refractivity contribution in [2.24, 2.45) is 0 Å². The molecule has 0 bridgehead atoms. The summed E-state index contributed by atoms with van der Waals surface area (Å²) in [5.74, 6) is 0.542. The molecule has 28 heavy (non-hydrogen) atoms. The van der Waals surface area contributed by atoms with Crippen molar-refractivity contribution in [2.45, 2.75) is 17.5 Å². The molecule has 2 aromatic carbocycles. The Balaban J connectivity index is 1.56. The number of amides is 1. The summed E-state index contributed by atoms with van der Waals surface area (Å²) in [4.78, 5) is 11.4. The molecular weight excluding hydrogens is 401 g/mol. The van der Waals surface area contributed by atoms with E-state index in [9.17, 15) is 26.4 Å². The zero-order valence-corrected chi connectivity index (χ0v) is 15.1. The molecule has 0 saturated carbocycles. The van der Waals surface area contributed by atoms with Crippen molar-refractivity contribution in [3.05, 3.63) is 48.0 Å². The lowest BCUT2D eigenvalue weighted by atomic mass is 10.2. The molecule has 1 aliphatic rings. The number of benzene rings is 2.